The van der Waals surface area contributed by atoms with Crippen molar-refractivity contribution in [3.05, 3.63) is 40.5 Å². The third-order valence-corrected chi connectivity index (χ3v) is 5.29. The van der Waals surface area contributed by atoms with Gasteiger partial charge >= 0.3 is 0 Å². The third kappa shape index (κ3) is 3.71. The minimum Gasteiger partial charge on any atom is -0.366 e. The highest BCUT2D eigenvalue weighted by Gasteiger charge is 2.23. The smallest absolute Gasteiger partial charge is 0.248 e. The van der Waals surface area contributed by atoms with E-state index in [1.165, 1.54) is 24.2 Å². The summed E-state index contributed by atoms with van der Waals surface area (Å²) >= 11 is 1.50. The average molecular weight is 343 g/mol. The summed E-state index contributed by atoms with van der Waals surface area (Å²) in [4.78, 5) is 29.3. The standard InChI is InChI=1S/C18H21N3O2S/c1-11-21-16(15(22)10-14-4-2-3-9-20-14)17(24-11)12-5-7-13(8-6-12)18(19)23/h5-8,14,20H,2-4,9-10H2,1H3,(H2,19,23). The van der Waals surface area contributed by atoms with Gasteiger partial charge in [0.1, 0.15) is 5.69 Å². The van der Waals surface area contributed by atoms with Crippen molar-refractivity contribution in [2.75, 3.05) is 6.54 Å². The zero-order valence-corrected chi connectivity index (χ0v) is 14.5. The van der Waals surface area contributed by atoms with Gasteiger partial charge in [-0.2, -0.15) is 0 Å². The number of carbonyl (C=O) groups is 2. The fourth-order valence-corrected chi connectivity index (χ4v) is 3.96. The lowest BCUT2D eigenvalue weighted by Crippen LogP contribution is -2.35. The number of piperidine rings is 1. The number of nitrogens with two attached hydrogens (primary N) is 1. The Morgan fingerprint density at radius 2 is 2.04 bits per heavy atom. The summed E-state index contributed by atoms with van der Waals surface area (Å²) in [6, 6.07) is 7.26. The van der Waals surface area contributed by atoms with Crippen LogP contribution in [-0.2, 0) is 0 Å². The lowest BCUT2D eigenvalue weighted by atomic mass is 9.98. The van der Waals surface area contributed by atoms with Crippen LogP contribution in [0.25, 0.3) is 10.4 Å². The van der Waals surface area contributed by atoms with Crippen molar-refractivity contribution in [3.8, 4) is 10.4 Å². The number of Topliss-reactive ketones (excluding diaryl/α,β-unsaturated/α-hetero) is 1. The second-order valence-electron chi connectivity index (χ2n) is 6.13. The second kappa shape index (κ2) is 7.23. The van der Waals surface area contributed by atoms with Gasteiger partial charge in [0.25, 0.3) is 0 Å². The Hall–Kier alpha value is -2.05. The number of hydrogen-bond acceptors (Lipinski definition) is 5. The Labute approximate surface area is 145 Å². The van der Waals surface area contributed by atoms with E-state index in [0.29, 0.717) is 17.7 Å². The number of aryl methyl sites for hydroxylation is 1. The number of hydrogen-bond donors (Lipinski definition) is 2. The van der Waals surface area contributed by atoms with E-state index in [1.54, 1.807) is 12.1 Å². The maximum atomic E-state index is 12.7. The van der Waals surface area contributed by atoms with Crippen molar-refractivity contribution in [3.63, 3.8) is 0 Å². The maximum Gasteiger partial charge on any atom is 0.248 e. The van der Waals surface area contributed by atoms with Crippen LogP contribution in [-0.4, -0.2) is 29.3 Å². The van der Waals surface area contributed by atoms with Crippen molar-refractivity contribution in [1.82, 2.24) is 10.3 Å². The zero-order chi connectivity index (χ0) is 17.1. The second-order valence-corrected chi connectivity index (χ2v) is 7.33. The van der Waals surface area contributed by atoms with Crippen molar-refractivity contribution >= 4 is 23.0 Å². The number of carbonyl (C=O) groups excluding carboxylic acids is 2. The maximum absolute atomic E-state index is 12.7. The average Bonchev–Trinajstić information content (AvgIpc) is 2.98. The topological polar surface area (TPSA) is 85.1 Å². The van der Waals surface area contributed by atoms with E-state index in [1.807, 2.05) is 19.1 Å². The first-order valence-corrected chi connectivity index (χ1v) is 9.00. The predicted octanol–water partition coefficient (Wildman–Crippen LogP) is 2.93. The molecular weight excluding hydrogens is 322 g/mol. The number of amides is 1. The summed E-state index contributed by atoms with van der Waals surface area (Å²) in [6.07, 6.45) is 3.87. The Morgan fingerprint density at radius 3 is 2.67 bits per heavy atom. The third-order valence-electron chi connectivity index (χ3n) is 4.27. The molecule has 1 saturated heterocycles. The van der Waals surface area contributed by atoms with Crippen LogP contribution in [0.2, 0.25) is 0 Å². The molecule has 126 valence electrons. The van der Waals surface area contributed by atoms with Crippen LogP contribution in [0.15, 0.2) is 24.3 Å². The highest BCUT2D eigenvalue weighted by Crippen LogP contribution is 2.31. The lowest BCUT2D eigenvalue weighted by Gasteiger charge is -2.22. The summed E-state index contributed by atoms with van der Waals surface area (Å²) in [5.41, 5.74) is 7.17. The molecule has 0 saturated carbocycles. The van der Waals surface area contributed by atoms with Gasteiger partial charge in [0.15, 0.2) is 5.78 Å². The Balaban J connectivity index is 1.84. The first-order chi connectivity index (χ1) is 11.5. The molecule has 1 aliphatic rings. The van der Waals surface area contributed by atoms with Crippen molar-refractivity contribution < 1.29 is 9.59 Å². The number of thiazole rings is 1. The molecule has 2 aromatic rings. The summed E-state index contributed by atoms with van der Waals surface area (Å²) in [5, 5.41) is 4.27. The van der Waals surface area contributed by atoms with Crippen LogP contribution in [0.3, 0.4) is 0 Å². The van der Waals surface area contributed by atoms with E-state index in [9.17, 15) is 9.59 Å². The Kier molecular flexibility index (Phi) is 5.06. The van der Waals surface area contributed by atoms with Gasteiger partial charge in [-0.25, -0.2) is 4.98 Å². The number of ketones is 1. The fourth-order valence-electron chi connectivity index (χ4n) is 3.02. The largest absolute Gasteiger partial charge is 0.366 e. The minimum absolute atomic E-state index is 0.0766. The summed E-state index contributed by atoms with van der Waals surface area (Å²) in [7, 11) is 0. The highest BCUT2D eigenvalue weighted by molar-refractivity contribution is 7.15. The number of aromatic nitrogens is 1. The quantitative estimate of drug-likeness (QED) is 0.818. The van der Waals surface area contributed by atoms with Crippen LogP contribution in [0.1, 0.15) is 51.5 Å². The van der Waals surface area contributed by atoms with E-state index in [0.717, 1.165) is 28.4 Å². The first-order valence-electron chi connectivity index (χ1n) is 8.19. The molecule has 2 heterocycles. The van der Waals surface area contributed by atoms with Crippen LogP contribution in [0, 0.1) is 6.92 Å². The van der Waals surface area contributed by atoms with E-state index in [2.05, 4.69) is 10.3 Å². The molecular formula is C18H21N3O2S. The minimum atomic E-state index is -0.457. The molecule has 1 aromatic carbocycles. The molecule has 0 radical (unpaired) electrons. The highest BCUT2D eigenvalue weighted by atomic mass is 32.1. The van der Waals surface area contributed by atoms with Gasteiger partial charge in [-0.3, -0.25) is 9.59 Å². The first kappa shape index (κ1) is 16.8. The van der Waals surface area contributed by atoms with Crippen LogP contribution >= 0.6 is 11.3 Å². The molecule has 24 heavy (non-hydrogen) atoms. The number of nitrogens with one attached hydrogen (secondary N) is 1. The van der Waals surface area contributed by atoms with Crippen LogP contribution < -0.4 is 11.1 Å². The Bertz CT molecular complexity index is 746. The SMILES string of the molecule is Cc1nc(C(=O)CC2CCCCN2)c(-c2ccc(C(N)=O)cc2)s1. The fraction of sp³-hybridized carbons (Fsp3) is 0.389. The number of nitrogens with zero attached hydrogens (tertiary/aromatic N) is 1. The molecule has 1 aromatic heterocycles. The summed E-state index contributed by atoms with van der Waals surface area (Å²) in [6.45, 7) is 2.89. The van der Waals surface area contributed by atoms with Gasteiger partial charge in [0, 0.05) is 18.0 Å². The van der Waals surface area contributed by atoms with Gasteiger partial charge in [-0.1, -0.05) is 18.6 Å². The van der Waals surface area contributed by atoms with Gasteiger partial charge in [0.05, 0.1) is 9.88 Å². The molecule has 3 rings (SSSR count). The van der Waals surface area contributed by atoms with Gasteiger partial charge in [-0.15, -0.1) is 11.3 Å². The molecule has 1 unspecified atom stereocenters. The monoisotopic (exact) mass is 343 g/mol. The lowest BCUT2D eigenvalue weighted by molar-refractivity contribution is 0.0958. The zero-order valence-electron chi connectivity index (χ0n) is 13.7. The van der Waals surface area contributed by atoms with Gasteiger partial charge in [0.2, 0.25) is 5.91 Å². The summed E-state index contributed by atoms with van der Waals surface area (Å²) < 4.78 is 0. The van der Waals surface area contributed by atoms with Crippen LogP contribution in [0.4, 0.5) is 0 Å². The molecule has 6 heteroatoms. The van der Waals surface area contributed by atoms with Crippen molar-refractivity contribution in [1.29, 1.82) is 0 Å². The van der Waals surface area contributed by atoms with E-state index < -0.39 is 5.91 Å². The van der Waals surface area contributed by atoms with E-state index in [-0.39, 0.29) is 11.8 Å². The normalized spacial score (nSPS) is 17.6. The summed E-state index contributed by atoms with van der Waals surface area (Å²) in [5.74, 6) is -0.380. The molecule has 0 bridgehead atoms. The number of primary amides is 1. The van der Waals surface area contributed by atoms with Crippen LogP contribution in [0.5, 0.6) is 0 Å². The van der Waals surface area contributed by atoms with E-state index in [4.69, 9.17) is 5.73 Å². The molecule has 0 aliphatic carbocycles. The van der Waals surface area contributed by atoms with Crippen molar-refractivity contribution in [2.45, 2.75) is 38.6 Å². The number of benzene rings is 1. The van der Waals surface area contributed by atoms with Gasteiger partial charge < -0.3 is 11.1 Å². The predicted molar refractivity (Wildman–Crippen MR) is 95.4 cm³/mol. The van der Waals surface area contributed by atoms with Gasteiger partial charge in [-0.05, 0) is 44.0 Å². The molecule has 1 fully saturated rings. The molecule has 0 spiro atoms. The molecule has 1 amide bonds. The molecule has 1 atom stereocenters. The number of rotatable bonds is 5. The molecule has 5 nitrogen and oxygen atoms in total. The molecule has 3 N–H and O–H groups in total. The van der Waals surface area contributed by atoms with E-state index >= 15 is 0 Å². The Morgan fingerprint density at radius 1 is 1.29 bits per heavy atom. The molecule has 1 aliphatic heterocycles. The van der Waals surface area contributed by atoms with Crippen molar-refractivity contribution in [2.24, 2.45) is 5.73 Å².